The summed E-state index contributed by atoms with van der Waals surface area (Å²) in [6.45, 7) is 4.99. The van der Waals surface area contributed by atoms with Gasteiger partial charge in [-0.2, -0.15) is 0 Å². The number of halogens is 1. The van der Waals surface area contributed by atoms with Crippen LogP contribution >= 0.6 is 15.9 Å². The fourth-order valence-electron chi connectivity index (χ4n) is 1.62. The molecule has 0 radical (unpaired) electrons. The molecule has 0 aliphatic heterocycles. The van der Waals surface area contributed by atoms with Crippen LogP contribution in [0.25, 0.3) is 0 Å². The highest BCUT2D eigenvalue weighted by Crippen LogP contribution is 2.17. The van der Waals surface area contributed by atoms with E-state index < -0.39 is 0 Å². The zero-order chi connectivity index (χ0) is 14.3. The summed E-state index contributed by atoms with van der Waals surface area (Å²) >= 11 is 3.41. The topological polar surface area (TPSA) is 41.6 Å². The van der Waals surface area contributed by atoms with Gasteiger partial charge in [0, 0.05) is 31.2 Å². The number of nitrogens with zero attached hydrogens (tertiary/aromatic N) is 1. The molecule has 4 nitrogen and oxygen atoms in total. The van der Waals surface area contributed by atoms with Crippen molar-refractivity contribution in [2.45, 2.75) is 6.92 Å². The number of hydrogen-bond donors (Lipinski definition) is 1. The van der Waals surface area contributed by atoms with Gasteiger partial charge in [0.1, 0.15) is 0 Å². The fourth-order valence-corrected chi connectivity index (χ4v) is 2.29. The van der Waals surface area contributed by atoms with Gasteiger partial charge in [0.15, 0.2) is 0 Å². The smallest absolute Gasteiger partial charge is 0.252 e. The number of methoxy groups -OCH3 is 1. The number of rotatable bonds is 7. The summed E-state index contributed by atoms with van der Waals surface area (Å²) < 4.78 is 5.83. The number of hydrogen-bond acceptors (Lipinski definition) is 3. The van der Waals surface area contributed by atoms with E-state index in [9.17, 15) is 4.79 Å². The molecule has 0 heterocycles. The molecule has 0 fully saturated rings. The van der Waals surface area contributed by atoms with Gasteiger partial charge in [-0.1, -0.05) is 6.07 Å². The van der Waals surface area contributed by atoms with Crippen LogP contribution in [0.5, 0.6) is 0 Å². The molecule has 1 aromatic rings. The van der Waals surface area contributed by atoms with Crippen molar-refractivity contribution in [2.24, 2.45) is 0 Å². The number of likely N-dealkylation sites (N-methyl/N-ethyl adjacent to an activating group) is 1. The monoisotopic (exact) mass is 328 g/mol. The van der Waals surface area contributed by atoms with E-state index in [1.807, 2.05) is 32.2 Å². The Morgan fingerprint density at radius 3 is 2.79 bits per heavy atom. The second-order valence-electron chi connectivity index (χ2n) is 4.54. The van der Waals surface area contributed by atoms with Crippen LogP contribution in [-0.4, -0.2) is 51.2 Å². The lowest BCUT2D eigenvalue weighted by Crippen LogP contribution is -2.34. The molecule has 5 heteroatoms. The Bertz CT molecular complexity index is 424. The SMILES string of the molecule is COCCN(C)CCNC(=O)c1ccc(C)cc1Br. The molecule has 0 bridgehead atoms. The fraction of sp³-hybridized carbons (Fsp3) is 0.500. The minimum absolute atomic E-state index is 0.0491. The first-order valence-electron chi connectivity index (χ1n) is 6.26. The zero-order valence-corrected chi connectivity index (χ0v) is 13.3. The van der Waals surface area contributed by atoms with Crippen molar-refractivity contribution < 1.29 is 9.53 Å². The maximum atomic E-state index is 12.0. The maximum Gasteiger partial charge on any atom is 0.252 e. The van der Waals surface area contributed by atoms with Crippen LogP contribution in [-0.2, 0) is 4.74 Å². The van der Waals surface area contributed by atoms with Crippen LogP contribution < -0.4 is 5.32 Å². The van der Waals surface area contributed by atoms with E-state index in [1.54, 1.807) is 7.11 Å². The Morgan fingerprint density at radius 1 is 1.42 bits per heavy atom. The first kappa shape index (κ1) is 16.1. The first-order chi connectivity index (χ1) is 9.04. The molecule has 0 aliphatic carbocycles. The summed E-state index contributed by atoms with van der Waals surface area (Å²) in [6, 6.07) is 5.72. The maximum absolute atomic E-state index is 12.0. The molecule has 106 valence electrons. The van der Waals surface area contributed by atoms with Gasteiger partial charge in [-0.05, 0) is 47.6 Å². The van der Waals surface area contributed by atoms with Crippen molar-refractivity contribution in [3.63, 3.8) is 0 Å². The molecule has 0 saturated carbocycles. The van der Waals surface area contributed by atoms with Gasteiger partial charge in [-0.25, -0.2) is 0 Å². The molecule has 0 aromatic heterocycles. The zero-order valence-electron chi connectivity index (χ0n) is 11.7. The Labute approximate surface area is 123 Å². The number of benzene rings is 1. The molecule has 1 aromatic carbocycles. The number of carbonyl (C=O) groups excluding carboxylic acids is 1. The lowest BCUT2D eigenvalue weighted by molar-refractivity contribution is 0.0947. The molecular formula is C14H21BrN2O2. The van der Waals surface area contributed by atoms with Crippen LogP contribution in [0.2, 0.25) is 0 Å². The lowest BCUT2D eigenvalue weighted by Gasteiger charge is -2.16. The van der Waals surface area contributed by atoms with Gasteiger partial charge in [0.2, 0.25) is 0 Å². The van der Waals surface area contributed by atoms with E-state index in [4.69, 9.17) is 4.74 Å². The summed E-state index contributed by atoms with van der Waals surface area (Å²) in [5, 5.41) is 2.92. The molecule has 0 aliphatic rings. The van der Waals surface area contributed by atoms with Crippen molar-refractivity contribution in [1.29, 1.82) is 0 Å². The molecule has 1 rings (SSSR count). The van der Waals surface area contributed by atoms with Crippen molar-refractivity contribution in [1.82, 2.24) is 10.2 Å². The van der Waals surface area contributed by atoms with Crippen molar-refractivity contribution in [3.8, 4) is 0 Å². The van der Waals surface area contributed by atoms with E-state index in [1.165, 1.54) is 0 Å². The number of carbonyl (C=O) groups is 1. The molecule has 0 spiro atoms. The van der Waals surface area contributed by atoms with Crippen LogP contribution in [0.3, 0.4) is 0 Å². The molecule has 1 amide bonds. The van der Waals surface area contributed by atoms with Crippen molar-refractivity contribution in [3.05, 3.63) is 33.8 Å². The van der Waals surface area contributed by atoms with E-state index in [0.717, 1.165) is 23.1 Å². The van der Waals surface area contributed by atoms with Gasteiger partial charge in [0.05, 0.1) is 12.2 Å². The van der Waals surface area contributed by atoms with Gasteiger partial charge in [-0.15, -0.1) is 0 Å². The average Bonchev–Trinajstić information content (AvgIpc) is 2.36. The van der Waals surface area contributed by atoms with Gasteiger partial charge >= 0.3 is 0 Å². The predicted molar refractivity (Wildman–Crippen MR) is 80.6 cm³/mol. The molecular weight excluding hydrogens is 308 g/mol. The molecule has 0 atom stereocenters. The summed E-state index contributed by atoms with van der Waals surface area (Å²) in [5.41, 5.74) is 1.80. The van der Waals surface area contributed by atoms with Gasteiger partial charge in [-0.3, -0.25) is 4.79 Å². The minimum Gasteiger partial charge on any atom is -0.383 e. The van der Waals surface area contributed by atoms with Crippen molar-refractivity contribution >= 4 is 21.8 Å². The highest BCUT2D eigenvalue weighted by Gasteiger charge is 2.09. The average molecular weight is 329 g/mol. The summed E-state index contributed by atoms with van der Waals surface area (Å²) in [6.07, 6.45) is 0. The van der Waals surface area contributed by atoms with Crippen LogP contribution in [0.4, 0.5) is 0 Å². The van der Waals surface area contributed by atoms with Crippen LogP contribution in [0.1, 0.15) is 15.9 Å². The predicted octanol–water partition coefficient (Wildman–Crippen LogP) is 2.07. The normalized spacial score (nSPS) is 10.8. The standard InChI is InChI=1S/C14H21BrN2O2/c1-11-4-5-12(13(15)10-11)14(18)16-6-7-17(2)8-9-19-3/h4-5,10H,6-9H2,1-3H3,(H,16,18). The third kappa shape index (κ3) is 5.72. The highest BCUT2D eigenvalue weighted by atomic mass is 79.9. The largest absolute Gasteiger partial charge is 0.383 e. The molecule has 0 saturated heterocycles. The molecule has 0 unspecified atom stereocenters. The Hall–Kier alpha value is -0.910. The van der Waals surface area contributed by atoms with Gasteiger partial charge in [0.25, 0.3) is 5.91 Å². The number of amides is 1. The minimum atomic E-state index is -0.0491. The number of nitrogens with one attached hydrogen (secondary N) is 1. The summed E-state index contributed by atoms with van der Waals surface area (Å²) in [4.78, 5) is 14.1. The molecule has 19 heavy (non-hydrogen) atoms. The van der Waals surface area contributed by atoms with Crippen LogP contribution in [0.15, 0.2) is 22.7 Å². The second kappa shape index (κ2) is 8.30. The van der Waals surface area contributed by atoms with E-state index in [0.29, 0.717) is 18.7 Å². The number of aryl methyl sites for hydroxylation is 1. The van der Waals surface area contributed by atoms with Crippen molar-refractivity contribution in [2.75, 3.05) is 40.4 Å². The van der Waals surface area contributed by atoms with E-state index in [2.05, 4.69) is 26.1 Å². The lowest BCUT2D eigenvalue weighted by atomic mass is 10.1. The second-order valence-corrected chi connectivity index (χ2v) is 5.39. The van der Waals surface area contributed by atoms with E-state index in [-0.39, 0.29) is 5.91 Å². The Morgan fingerprint density at radius 2 is 2.16 bits per heavy atom. The Balaban J connectivity index is 2.39. The summed E-state index contributed by atoms with van der Waals surface area (Å²) in [5.74, 6) is -0.0491. The third-order valence-corrected chi connectivity index (χ3v) is 3.48. The van der Waals surface area contributed by atoms with E-state index >= 15 is 0 Å². The number of ether oxygens (including phenoxy) is 1. The Kier molecular flexibility index (Phi) is 7.05. The van der Waals surface area contributed by atoms with Crippen LogP contribution in [0, 0.1) is 6.92 Å². The highest BCUT2D eigenvalue weighted by molar-refractivity contribution is 9.10. The third-order valence-electron chi connectivity index (χ3n) is 2.83. The molecule has 1 N–H and O–H groups in total. The first-order valence-corrected chi connectivity index (χ1v) is 7.05. The quantitative estimate of drug-likeness (QED) is 0.833. The summed E-state index contributed by atoms with van der Waals surface area (Å²) in [7, 11) is 3.69. The van der Waals surface area contributed by atoms with Gasteiger partial charge < -0.3 is 15.0 Å².